The first kappa shape index (κ1) is 15.4. The van der Waals surface area contributed by atoms with Crippen molar-refractivity contribution in [2.75, 3.05) is 11.9 Å². The molecule has 1 N–H and O–H groups in total. The van der Waals surface area contributed by atoms with Gasteiger partial charge in [-0.2, -0.15) is 0 Å². The molecule has 2 nitrogen and oxygen atoms in total. The minimum Gasteiger partial charge on any atom is -0.352 e. The fourth-order valence-corrected chi connectivity index (χ4v) is 3.45. The van der Waals surface area contributed by atoms with E-state index < -0.39 is 23.4 Å². The minimum absolute atomic E-state index is 0.199. The van der Waals surface area contributed by atoms with Gasteiger partial charge in [0.25, 0.3) is 5.91 Å². The van der Waals surface area contributed by atoms with E-state index >= 15 is 0 Å². The molecule has 1 saturated carbocycles. The Morgan fingerprint density at radius 3 is 2.40 bits per heavy atom. The SMILES string of the molecule is O=C(NCC1CCCC1CBr)c1cc(F)c(F)c(F)c1. The van der Waals surface area contributed by atoms with Gasteiger partial charge in [0.2, 0.25) is 0 Å². The third kappa shape index (κ3) is 3.34. The number of carbonyl (C=O) groups is 1. The Labute approximate surface area is 123 Å². The molecule has 6 heteroatoms. The molecule has 0 saturated heterocycles. The fourth-order valence-electron chi connectivity index (χ4n) is 2.60. The lowest BCUT2D eigenvalue weighted by atomic mass is 9.98. The van der Waals surface area contributed by atoms with Crippen LogP contribution in [0.5, 0.6) is 0 Å². The average molecular weight is 350 g/mol. The predicted octanol–water partition coefficient (Wildman–Crippen LogP) is 3.64. The normalized spacial score (nSPS) is 22.0. The van der Waals surface area contributed by atoms with Gasteiger partial charge in [-0.05, 0) is 36.8 Å². The molecule has 0 aromatic heterocycles. The first-order valence-electron chi connectivity index (χ1n) is 6.51. The number of carbonyl (C=O) groups excluding carboxylic acids is 1. The number of hydrogen-bond donors (Lipinski definition) is 1. The zero-order valence-electron chi connectivity index (χ0n) is 10.8. The summed E-state index contributed by atoms with van der Waals surface area (Å²) in [5, 5.41) is 3.55. The topological polar surface area (TPSA) is 29.1 Å². The smallest absolute Gasteiger partial charge is 0.251 e. The quantitative estimate of drug-likeness (QED) is 0.652. The molecule has 20 heavy (non-hydrogen) atoms. The van der Waals surface area contributed by atoms with Crippen molar-refractivity contribution in [2.24, 2.45) is 11.8 Å². The number of rotatable bonds is 4. The standard InChI is InChI=1S/C14H15BrF3NO/c15-6-8-2-1-3-9(8)7-19-14(20)10-4-11(16)13(18)12(17)5-10/h4-5,8-9H,1-3,6-7H2,(H,19,20). The molecule has 0 heterocycles. The minimum atomic E-state index is -1.56. The van der Waals surface area contributed by atoms with Crippen molar-refractivity contribution < 1.29 is 18.0 Å². The highest BCUT2D eigenvalue weighted by molar-refractivity contribution is 9.09. The second kappa shape index (κ2) is 6.61. The first-order chi connectivity index (χ1) is 9.52. The summed E-state index contributed by atoms with van der Waals surface area (Å²) < 4.78 is 38.9. The number of halogens is 4. The molecular weight excluding hydrogens is 335 g/mol. The Bertz CT molecular complexity index is 486. The zero-order chi connectivity index (χ0) is 14.7. The summed E-state index contributed by atoms with van der Waals surface area (Å²) in [5.41, 5.74) is -0.199. The van der Waals surface area contributed by atoms with Crippen LogP contribution in [0.25, 0.3) is 0 Å². The average Bonchev–Trinajstić information content (AvgIpc) is 2.89. The van der Waals surface area contributed by atoms with E-state index in [0.717, 1.165) is 24.6 Å². The molecule has 1 fully saturated rings. The van der Waals surface area contributed by atoms with Gasteiger partial charge in [-0.3, -0.25) is 4.79 Å². The van der Waals surface area contributed by atoms with Gasteiger partial charge >= 0.3 is 0 Å². The monoisotopic (exact) mass is 349 g/mol. The van der Waals surface area contributed by atoms with Gasteiger partial charge in [-0.25, -0.2) is 13.2 Å². The van der Waals surface area contributed by atoms with E-state index in [1.807, 2.05) is 0 Å². The molecule has 0 radical (unpaired) electrons. The van der Waals surface area contributed by atoms with Gasteiger partial charge in [0.05, 0.1) is 0 Å². The van der Waals surface area contributed by atoms with E-state index in [9.17, 15) is 18.0 Å². The Balaban J connectivity index is 1.98. The van der Waals surface area contributed by atoms with Gasteiger partial charge in [-0.1, -0.05) is 22.4 Å². The maximum Gasteiger partial charge on any atom is 0.251 e. The molecule has 1 aromatic carbocycles. The summed E-state index contributed by atoms with van der Waals surface area (Å²) in [7, 11) is 0. The van der Waals surface area contributed by atoms with Crippen LogP contribution in [0.15, 0.2) is 12.1 Å². The van der Waals surface area contributed by atoms with Crippen LogP contribution in [0.3, 0.4) is 0 Å². The summed E-state index contributed by atoms with van der Waals surface area (Å²) >= 11 is 3.44. The van der Waals surface area contributed by atoms with Crippen LogP contribution in [0.1, 0.15) is 29.6 Å². The summed E-state index contributed by atoms with van der Waals surface area (Å²) in [6.07, 6.45) is 3.27. The lowest BCUT2D eigenvalue weighted by Crippen LogP contribution is -2.31. The van der Waals surface area contributed by atoms with Gasteiger partial charge in [-0.15, -0.1) is 0 Å². The van der Waals surface area contributed by atoms with Crippen LogP contribution in [-0.4, -0.2) is 17.8 Å². The van der Waals surface area contributed by atoms with Crippen molar-refractivity contribution in [3.63, 3.8) is 0 Å². The molecule has 0 spiro atoms. The Hall–Kier alpha value is -1.04. The second-order valence-electron chi connectivity index (χ2n) is 5.07. The molecule has 2 unspecified atom stereocenters. The van der Waals surface area contributed by atoms with Crippen molar-refractivity contribution in [3.05, 3.63) is 35.1 Å². The highest BCUT2D eigenvalue weighted by Crippen LogP contribution is 2.32. The van der Waals surface area contributed by atoms with Crippen molar-refractivity contribution in [2.45, 2.75) is 19.3 Å². The van der Waals surface area contributed by atoms with E-state index in [4.69, 9.17) is 0 Å². The van der Waals surface area contributed by atoms with Crippen molar-refractivity contribution in [1.29, 1.82) is 0 Å². The van der Waals surface area contributed by atoms with Gasteiger partial charge < -0.3 is 5.32 Å². The van der Waals surface area contributed by atoms with E-state index in [2.05, 4.69) is 21.2 Å². The maximum atomic E-state index is 13.1. The fraction of sp³-hybridized carbons (Fsp3) is 0.500. The largest absolute Gasteiger partial charge is 0.352 e. The molecule has 1 aromatic rings. The van der Waals surface area contributed by atoms with Crippen LogP contribution in [0.2, 0.25) is 0 Å². The predicted molar refractivity (Wildman–Crippen MR) is 73.3 cm³/mol. The van der Waals surface area contributed by atoms with Crippen LogP contribution in [-0.2, 0) is 0 Å². The summed E-state index contributed by atoms with van der Waals surface area (Å²) in [6.45, 7) is 0.468. The molecule has 1 aliphatic carbocycles. The van der Waals surface area contributed by atoms with Crippen LogP contribution in [0, 0.1) is 29.3 Å². The van der Waals surface area contributed by atoms with Crippen molar-refractivity contribution in [1.82, 2.24) is 5.32 Å². The molecule has 2 rings (SSSR count). The Kier molecular flexibility index (Phi) is 5.07. The van der Waals surface area contributed by atoms with Gasteiger partial charge in [0.15, 0.2) is 17.5 Å². The zero-order valence-corrected chi connectivity index (χ0v) is 12.4. The summed E-state index contributed by atoms with van der Waals surface area (Å²) in [5.74, 6) is -3.96. The highest BCUT2D eigenvalue weighted by Gasteiger charge is 2.26. The third-order valence-corrected chi connectivity index (χ3v) is 4.62. The van der Waals surface area contributed by atoms with Crippen molar-refractivity contribution >= 4 is 21.8 Å². The van der Waals surface area contributed by atoms with E-state index in [0.29, 0.717) is 30.5 Å². The van der Waals surface area contributed by atoms with Crippen LogP contribution >= 0.6 is 15.9 Å². The second-order valence-corrected chi connectivity index (χ2v) is 5.72. The first-order valence-corrected chi connectivity index (χ1v) is 7.63. The van der Waals surface area contributed by atoms with E-state index in [1.54, 1.807) is 0 Å². The number of nitrogens with one attached hydrogen (secondary N) is 1. The Morgan fingerprint density at radius 1 is 1.20 bits per heavy atom. The molecule has 0 bridgehead atoms. The molecule has 1 aliphatic rings. The molecule has 0 aliphatic heterocycles. The van der Waals surface area contributed by atoms with Crippen LogP contribution in [0.4, 0.5) is 13.2 Å². The molecular formula is C14H15BrF3NO. The third-order valence-electron chi connectivity index (χ3n) is 3.79. The van der Waals surface area contributed by atoms with Crippen molar-refractivity contribution in [3.8, 4) is 0 Å². The molecule has 110 valence electrons. The lowest BCUT2D eigenvalue weighted by Gasteiger charge is -2.17. The maximum absolute atomic E-state index is 13.1. The van der Waals surface area contributed by atoms with Gasteiger partial charge in [0.1, 0.15) is 0 Å². The highest BCUT2D eigenvalue weighted by atomic mass is 79.9. The van der Waals surface area contributed by atoms with E-state index in [-0.39, 0.29) is 5.56 Å². The summed E-state index contributed by atoms with van der Waals surface area (Å²) in [4.78, 5) is 11.8. The lowest BCUT2D eigenvalue weighted by molar-refractivity contribution is 0.0943. The van der Waals surface area contributed by atoms with Crippen LogP contribution < -0.4 is 5.32 Å². The number of alkyl halides is 1. The van der Waals surface area contributed by atoms with E-state index in [1.165, 1.54) is 0 Å². The molecule has 1 amide bonds. The number of hydrogen-bond acceptors (Lipinski definition) is 1. The molecule has 2 atom stereocenters. The number of benzene rings is 1. The van der Waals surface area contributed by atoms with Gasteiger partial charge in [0, 0.05) is 17.4 Å². The summed E-state index contributed by atoms with van der Waals surface area (Å²) in [6, 6.07) is 1.43. The Morgan fingerprint density at radius 2 is 1.80 bits per heavy atom. The number of amides is 1.